The Bertz CT molecular complexity index is 714. The highest BCUT2D eigenvalue weighted by Crippen LogP contribution is 2.30. The molecule has 0 radical (unpaired) electrons. The second kappa shape index (κ2) is 4.79. The zero-order chi connectivity index (χ0) is 13.4. The van der Waals surface area contributed by atoms with Crippen LogP contribution in [-0.2, 0) is 13.5 Å². The Morgan fingerprint density at radius 1 is 1.37 bits per heavy atom. The summed E-state index contributed by atoms with van der Waals surface area (Å²) < 4.78 is 3.07. The van der Waals surface area contributed by atoms with Crippen LogP contribution in [0.1, 0.15) is 22.9 Å². The number of thiophene rings is 1. The van der Waals surface area contributed by atoms with E-state index < -0.39 is 6.10 Å². The molecule has 98 valence electrons. The molecule has 0 aliphatic rings. The lowest BCUT2D eigenvalue weighted by Gasteiger charge is -2.09. The van der Waals surface area contributed by atoms with Crippen LogP contribution in [0.2, 0.25) is 0 Å². The molecule has 3 rings (SSSR count). The highest BCUT2D eigenvalue weighted by atomic mass is 32.1. The minimum atomic E-state index is -0.494. The number of benzene rings is 1. The number of aliphatic hydroxyl groups excluding tert-OH is 1. The molecule has 0 bridgehead atoms. The molecule has 3 nitrogen and oxygen atoms in total. The van der Waals surface area contributed by atoms with Crippen molar-refractivity contribution in [3.8, 4) is 0 Å². The second-order valence-corrected chi connectivity index (χ2v) is 5.70. The molecule has 19 heavy (non-hydrogen) atoms. The Balaban J connectivity index is 1.91. The van der Waals surface area contributed by atoms with Crippen LogP contribution in [0.4, 0.5) is 0 Å². The summed E-state index contributed by atoms with van der Waals surface area (Å²) in [5, 5.41) is 18.0. The van der Waals surface area contributed by atoms with Crippen LogP contribution < -0.4 is 0 Å². The van der Waals surface area contributed by atoms with E-state index in [1.807, 2.05) is 26.1 Å². The van der Waals surface area contributed by atoms with Crippen LogP contribution in [0.15, 0.2) is 35.8 Å². The monoisotopic (exact) mass is 272 g/mol. The number of fused-ring (bicyclic) bond motifs is 1. The largest absolute Gasteiger partial charge is 0.388 e. The average Bonchev–Trinajstić information content (AvgIpc) is 2.96. The molecule has 0 spiro atoms. The zero-order valence-electron chi connectivity index (χ0n) is 11.0. The molecule has 0 aliphatic carbocycles. The quantitative estimate of drug-likeness (QED) is 0.795. The minimum absolute atomic E-state index is 0.494. The molecule has 1 atom stereocenters. The lowest BCUT2D eigenvalue weighted by molar-refractivity contribution is 0.178. The summed E-state index contributed by atoms with van der Waals surface area (Å²) in [7, 11) is 1.89. The van der Waals surface area contributed by atoms with Gasteiger partial charge in [0.05, 0.1) is 12.3 Å². The summed E-state index contributed by atoms with van der Waals surface area (Å²) in [6, 6.07) is 8.32. The van der Waals surface area contributed by atoms with Gasteiger partial charge in [-0.3, -0.25) is 4.68 Å². The predicted molar refractivity (Wildman–Crippen MR) is 78.4 cm³/mol. The molecule has 0 saturated heterocycles. The molecule has 3 aromatic rings. The normalized spacial score (nSPS) is 13.0. The van der Waals surface area contributed by atoms with Crippen molar-refractivity contribution >= 4 is 21.4 Å². The Morgan fingerprint density at radius 3 is 2.89 bits per heavy atom. The maximum Gasteiger partial charge on any atom is 0.0863 e. The molecule has 4 heteroatoms. The van der Waals surface area contributed by atoms with E-state index in [2.05, 4.69) is 22.6 Å². The van der Waals surface area contributed by atoms with Gasteiger partial charge in [0.2, 0.25) is 0 Å². The summed E-state index contributed by atoms with van der Waals surface area (Å²) in [6.45, 7) is 1.98. The van der Waals surface area contributed by atoms with Crippen molar-refractivity contribution in [2.45, 2.75) is 19.4 Å². The van der Waals surface area contributed by atoms with Crippen molar-refractivity contribution < 1.29 is 5.11 Å². The van der Waals surface area contributed by atoms with Crippen molar-refractivity contribution in [1.29, 1.82) is 0 Å². The molecule has 2 aromatic heterocycles. The Hall–Kier alpha value is -1.65. The smallest absolute Gasteiger partial charge is 0.0863 e. The molecule has 0 amide bonds. The maximum absolute atomic E-state index is 10.4. The Kier molecular flexibility index (Phi) is 3.12. The third-order valence-corrected chi connectivity index (χ3v) is 4.62. The van der Waals surface area contributed by atoms with Gasteiger partial charge < -0.3 is 5.11 Å². The molecular weight excluding hydrogens is 256 g/mol. The van der Waals surface area contributed by atoms with E-state index in [0.717, 1.165) is 11.3 Å². The number of rotatable bonds is 3. The van der Waals surface area contributed by atoms with E-state index in [1.165, 1.54) is 15.6 Å². The van der Waals surface area contributed by atoms with Gasteiger partial charge in [-0.15, -0.1) is 11.3 Å². The van der Waals surface area contributed by atoms with Gasteiger partial charge in [0, 0.05) is 29.4 Å². The summed E-state index contributed by atoms with van der Waals surface area (Å²) >= 11 is 1.73. The fourth-order valence-electron chi connectivity index (χ4n) is 2.35. The lowest BCUT2D eigenvalue weighted by atomic mass is 10.0. The van der Waals surface area contributed by atoms with E-state index in [9.17, 15) is 5.11 Å². The number of hydrogen-bond donors (Lipinski definition) is 1. The van der Waals surface area contributed by atoms with Crippen molar-refractivity contribution in [2.75, 3.05) is 0 Å². The van der Waals surface area contributed by atoms with Crippen LogP contribution in [-0.4, -0.2) is 14.9 Å². The van der Waals surface area contributed by atoms with Crippen LogP contribution in [0, 0.1) is 6.92 Å². The topological polar surface area (TPSA) is 38.1 Å². The van der Waals surface area contributed by atoms with Gasteiger partial charge in [-0.25, -0.2) is 0 Å². The molecule has 1 aromatic carbocycles. The number of nitrogens with zero attached hydrogens (tertiary/aromatic N) is 2. The third-order valence-electron chi connectivity index (χ3n) is 3.61. The Labute approximate surface area is 116 Å². The predicted octanol–water partition coefficient (Wildman–Crippen LogP) is 3.22. The van der Waals surface area contributed by atoms with Gasteiger partial charge in [0.1, 0.15) is 0 Å². The van der Waals surface area contributed by atoms with Gasteiger partial charge in [0.15, 0.2) is 0 Å². The fourth-order valence-corrected chi connectivity index (χ4v) is 3.33. The van der Waals surface area contributed by atoms with Gasteiger partial charge in [-0.05, 0) is 29.3 Å². The molecule has 0 saturated carbocycles. The van der Waals surface area contributed by atoms with Crippen LogP contribution >= 0.6 is 11.3 Å². The molecule has 0 fully saturated rings. The van der Waals surface area contributed by atoms with E-state index in [4.69, 9.17) is 0 Å². The Morgan fingerprint density at radius 2 is 2.16 bits per heavy atom. The number of aromatic nitrogens is 2. The highest BCUT2D eigenvalue weighted by molar-refractivity contribution is 7.17. The zero-order valence-corrected chi connectivity index (χ0v) is 11.8. The van der Waals surface area contributed by atoms with Gasteiger partial charge in [-0.1, -0.05) is 18.2 Å². The van der Waals surface area contributed by atoms with E-state index in [0.29, 0.717) is 6.42 Å². The lowest BCUT2D eigenvalue weighted by Crippen LogP contribution is -2.03. The summed E-state index contributed by atoms with van der Waals surface area (Å²) in [6.07, 6.45) is 1.90. The fraction of sp³-hybridized carbons (Fsp3) is 0.267. The van der Waals surface area contributed by atoms with E-state index in [-0.39, 0.29) is 0 Å². The first-order valence-electron chi connectivity index (χ1n) is 6.28. The standard InChI is InChI=1S/C15H16N2OS/c1-10-13(8-16-17(10)2)14(18)7-11-9-19-15-6-4-3-5-12(11)15/h3-6,8-9,14,18H,7H2,1-2H3. The first-order chi connectivity index (χ1) is 9.16. The van der Waals surface area contributed by atoms with Crippen molar-refractivity contribution in [3.63, 3.8) is 0 Å². The molecule has 0 aliphatic heterocycles. The van der Waals surface area contributed by atoms with E-state index in [1.54, 1.807) is 22.2 Å². The van der Waals surface area contributed by atoms with Crippen molar-refractivity contribution in [2.24, 2.45) is 7.05 Å². The summed E-state index contributed by atoms with van der Waals surface area (Å²) in [4.78, 5) is 0. The molecule has 2 heterocycles. The number of aryl methyl sites for hydroxylation is 1. The van der Waals surface area contributed by atoms with Gasteiger partial charge in [0.25, 0.3) is 0 Å². The third kappa shape index (κ3) is 2.17. The summed E-state index contributed by atoms with van der Waals surface area (Å²) in [5.74, 6) is 0. The number of hydrogen-bond acceptors (Lipinski definition) is 3. The second-order valence-electron chi connectivity index (χ2n) is 4.79. The first kappa shape index (κ1) is 12.4. The average molecular weight is 272 g/mol. The van der Waals surface area contributed by atoms with Crippen LogP contribution in [0.3, 0.4) is 0 Å². The van der Waals surface area contributed by atoms with Crippen LogP contribution in [0.5, 0.6) is 0 Å². The first-order valence-corrected chi connectivity index (χ1v) is 7.16. The molecular formula is C15H16N2OS. The van der Waals surface area contributed by atoms with Crippen LogP contribution in [0.25, 0.3) is 10.1 Å². The molecule has 1 unspecified atom stereocenters. The van der Waals surface area contributed by atoms with E-state index >= 15 is 0 Å². The van der Waals surface area contributed by atoms with Gasteiger partial charge >= 0.3 is 0 Å². The van der Waals surface area contributed by atoms with Gasteiger partial charge in [-0.2, -0.15) is 5.10 Å². The van der Waals surface area contributed by atoms with Crippen molar-refractivity contribution in [1.82, 2.24) is 9.78 Å². The SMILES string of the molecule is Cc1c(C(O)Cc2csc3ccccc23)cnn1C. The highest BCUT2D eigenvalue weighted by Gasteiger charge is 2.16. The number of aliphatic hydroxyl groups is 1. The van der Waals surface area contributed by atoms with Crippen molar-refractivity contribution in [3.05, 3.63) is 52.7 Å². The summed E-state index contributed by atoms with van der Waals surface area (Å²) in [5.41, 5.74) is 3.14. The minimum Gasteiger partial charge on any atom is -0.388 e. The maximum atomic E-state index is 10.4. The molecule has 1 N–H and O–H groups in total.